The summed E-state index contributed by atoms with van der Waals surface area (Å²) in [6.45, 7) is 11.5. The maximum Gasteiger partial charge on any atom is 0.317 e. The van der Waals surface area contributed by atoms with Gasteiger partial charge in [0.2, 0.25) is 0 Å². The number of rotatable bonds is 3. The highest BCUT2D eigenvalue weighted by Crippen LogP contribution is 2.47. The Kier molecular flexibility index (Phi) is 6.38. The van der Waals surface area contributed by atoms with Crippen LogP contribution >= 0.6 is 0 Å². The SMILES string of the molecule is CC(C)(C)OC(=O)[C@@H]1C(=O)C[C@@](C)(O)[C@H](C(=O)OC(C)(C)C)[C@@H]1c1cccc(O)c1. The average molecular weight is 421 g/mol. The minimum absolute atomic E-state index is 0.0870. The zero-order chi connectivity index (χ0) is 23.1. The monoisotopic (exact) mass is 420 g/mol. The maximum atomic E-state index is 13.1. The van der Waals surface area contributed by atoms with Gasteiger partial charge in [-0.3, -0.25) is 14.4 Å². The van der Waals surface area contributed by atoms with E-state index >= 15 is 0 Å². The standard InChI is InChI=1S/C23H32O7/c1-21(2,3)29-19(26)17-15(25)12-23(7,28)18(20(27)30-22(4,5)6)16(17)13-9-8-10-14(24)11-13/h8-11,16-18,24,28H,12H2,1-7H3/t16-,17-,18+,23-/m1/s1. The van der Waals surface area contributed by atoms with Gasteiger partial charge in [0.1, 0.15) is 22.9 Å². The van der Waals surface area contributed by atoms with E-state index in [-0.39, 0.29) is 5.75 Å². The Morgan fingerprint density at radius 2 is 1.57 bits per heavy atom. The Bertz CT molecular complexity index is 827. The molecule has 1 aliphatic carbocycles. The highest BCUT2D eigenvalue weighted by Gasteiger charge is 2.57. The Morgan fingerprint density at radius 3 is 2.07 bits per heavy atom. The van der Waals surface area contributed by atoms with Crippen molar-refractivity contribution < 1.29 is 34.1 Å². The zero-order valence-electron chi connectivity index (χ0n) is 18.7. The lowest BCUT2D eigenvalue weighted by Crippen LogP contribution is -2.56. The molecular weight excluding hydrogens is 388 g/mol. The lowest BCUT2D eigenvalue weighted by Gasteiger charge is -2.44. The molecule has 7 heteroatoms. The van der Waals surface area contributed by atoms with E-state index in [0.717, 1.165) is 0 Å². The van der Waals surface area contributed by atoms with E-state index in [9.17, 15) is 24.6 Å². The molecule has 30 heavy (non-hydrogen) atoms. The van der Waals surface area contributed by atoms with Crippen LogP contribution in [0, 0.1) is 11.8 Å². The predicted octanol–water partition coefficient (Wildman–Crippen LogP) is 3.12. The number of Topliss-reactive ketones (excluding diaryl/α,β-unsaturated/α-hetero) is 1. The Balaban J connectivity index is 2.64. The van der Waals surface area contributed by atoms with Gasteiger partial charge < -0.3 is 19.7 Å². The van der Waals surface area contributed by atoms with Crippen LogP contribution in [0.3, 0.4) is 0 Å². The Hall–Kier alpha value is -2.41. The Morgan fingerprint density at radius 1 is 1.03 bits per heavy atom. The number of ketones is 1. The highest BCUT2D eigenvalue weighted by molar-refractivity contribution is 6.03. The minimum Gasteiger partial charge on any atom is -0.508 e. The van der Waals surface area contributed by atoms with E-state index in [1.165, 1.54) is 19.1 Å². The number of hydrogen-bond donors (Lipinski definition) is 2. The molecule has 0 heterocycles. The molecule has 0 aromatic heterocycles. The van der Waals surface area contributed by atoms with Crippen molar-refractivity contribution in [3.63, 3.8) is 0 Å². The van der Waals surface area contributed by atoms with E-state index in [1.807, 2.05) is 0 Å². The van der Waals surface area contributed by atoms with Crippen LogP contribution < -0.4 is 0 Å². The molecule has 166 valence electrons. The number of benzene rings is 1. The van der Waals surface area contributed by atoms with Crippen molar-refractivity contribution in [2.24, 2.45) is 11.8 Å². The summed E-state index contributed by atoms with van der Waals surface area (Å²) >= 11 is 0. The van der Waals surface area contributed by atoms with Crippen LogP contribution in [0.5, 0.6) is 5.75 Å². The molecule has 2 rings (SSSR count). The van der Waals surface area contributed by atoms with Gasteiger partial charge in [0, 0.05) is 12.3 Å². The topological polar surface area (TPSA) is 110 Å². The number of aliphatic hydroxyl groups is 1. The lowest BCUT2D eigenvalue weighted by atomic mass is 9.61. The summed E-state index contributed by atoms with van der Waals surface area (Å²) < 4.78 is 11.0. The third-order valence-electron chi connectivity index (χ3n) is 4.84. The minimum atomic E-state index is -1.74. The van der Waals surface area contributed by atoms with Gasteiger partial charge in [-0.1, -0.05) is 12.1 Å². The summed E-state index contributed by atoms with van der Waals surface area (Å²) in [5, 5.41) is 21.1. The first-order chi connectivity index (χ1) is 13.5. The van der Waals surface area contributed by atoms with Gasteiger partial charge in [0.15, 0.2) is 5.78 Å². The van der Waals surface area contributed by atoms with Gasteiger partial charge >= 0.3 is 11.9 Å². The van der Waals surface area contributed by atoms with Crippen molar-refractivity contribution in [1.29, 1.82) is 0 Å². The maximum absolute atomic E-state index is 13.1. The van der Waals surface area contributed by atoms with Gasteiger partial charge in [-0.25, -0.2) is 0 Å². The number of hydrogen-bond acceptors (Lipinski definition) is 7. The summed E-state index contributed by atoms with van der Waals surface area (Å²) in [7, 11) is 0. The lowest BCUT2D eigenvalue weighted by molar-refractivity contribution is -0.182. The zero-order valence-corrected chi connectivity index (χ0v) is 18.7. The molecule has 0 radical (unpaired) electrons. The first kappa shape index (κ1) is 23.9. The fourth-order valence-electron chi connectivity index (χ4n) is 3.88. The first-order valence-corrected chi connectivity index (χ1v) is 10.0. The van der Waals surface area contributed by atoms with Crippen LogP contribution in [-0.4, -0.2) is 44.7 Å². The number of phenolic OH excluding ortho intramolecular Hbond substituents is 1. The molecule has 1 fully saturated rings. The summed E-state index contributed by atoms with van der Waals surface area (Å²) in [5.74, 6) is -5.69. The third kappa shape index (κ3) is 5.59. The molecule has 0 spiro atoms. The van der Waals surface area contributed by atoms with Crippen LogP contribution in [-0.2, 0) is 23.9 Å². The van der Waals surface area contributed by atoms with Crippen molar-refractivity contribution >= 4 is 17.7 Å². The van der Waals surface area contributed by atoms with Crippen LogP contribution in [0.2, 0.25) is 0 Å². The van der Waals surface area contributed by atoms with E-state index < -0.39 is 58.7 Å². The molecule has 0 aliphatic heterocycles. The van der Waals surface area contributed by atoms with Gasteiger partial charge in [-0.2, -0.15) is 0 Å². The van der Waals surface area contributed by atoms with Crippen molar-refractivity contribution in [1.82, 2.24) is 0 Å². The van der Waals surface area contributed by atoms with Crippen molar-refractivity contribution in [3.05, 3.63) is 29.8 Å². The number of esters is 2. The molecule has 0 saturated heterocycles. The molecule has 7 nitrogen and oxygen atoms in total. The van der Waals surface area contributed by atoms with Crippen LogP contribution in [0.15, 0.2) is 24.3 Å². The number of phenols is 1. The van der Waals surface area contributed by atoms with Crippen molar-refractivity contribution in [3.8, 4) is 5.75 Å². The van der Waals surface area contributed by atoms with Crippen LogP contribution in [0.4, 0.5) is 0 Å². The molecule has 1 aromatic rings. The number of ether oxygens (including phenoxy) is 2. The van der Waals surface area contributed by atoms with E-state index in [4.69, 9.17) is 9.47 Å². The summed E-state index contributed by atoms with van der Waals surface area (Å²) in [5.41, 5.74) is -3.05. The molecule has 2 N–H and O–H groups in total. The van der Waals surface area contributed by atoms with Crippen molar-refractivity contribution in [2.45, 2.75) is 77.6 Å². The average Bonchev–Trinajstić information content (AvgIpc) is 2.49. The second-order valence-corrected chi connectivity index (χ2v) is 10.1. The number of carbonyl (C=O) groups excluding carboxylic acids is 3. The predicted molar refractivity (Wildman–Crippen MR) is 110 cm³/mol. The molecule has 0 unspecified atom stereocenters. The molecule has 0 amide bonds. The van der Waals surface area contributed by atoms with Gasteiger partial charge in [-0.05, 0) is 66.2 Å². The van der Waals surface area contributed by atoms with Gasteiger partial charge in [0.25, 0.3) is 0 Å². The smallest absolute Gasteiger partial charge is 0.317 e. The Labute approximate surface area is 177 Å². The molecule has 1 aromatic carbocycles. The first-order valence-electron chi connectivity index (χ1n) is 10.0. The number of aromatic hydroxyl groups is 1. The van der Waals surface area contributed by atoms with Crippen LogP contribution in [0.25, 0.3) is 0 Å². The molecule has 0 bridgehead atoms. The summed E-state index contributed by atoms with van der Waals surface area (Å²) in [6, 6.07) is 5.98. The number of carbonyl (C=O) groups is 3. The van der Waals surface area contributed by atoms with Crippen LogP contribution in [0.1, 0.15) is 66.4 Å². The molecule has 1 aliphatic rings. The highest BCUT2D eigenvalue weighted by atomic mass is 16.6. The largest absolute Gasteiger partial charge is 0.508 e. The van der Waals surface area contributed by atoms with Gasteiger partial charge in [0.05, 0.1) is 11.5 Å². The molecular formula is C23H32O7. The van der Waals surface area contributed by atoms with E-state index in [2.05, 4.69) is 0 Å². The third-order valence-corrected chi connectivity index (χ3v) is 4.84. The molecule has 4 atom stereocenters. The van der Waals surface area contributed by atoms with E-state index in [1.54, 1.807) is 53.7 Å². The quantitative estimate of drug-likeness (QED) is 0.571. The fraction of sp³-hybridized carbons (Fsp3) is 0.609. The summed E-state index contributed by atoms with van der Waals surface area (Å²) in [6.07, 6.45) is -0.393. The second kappa shape index (κ2) is 8.02. The normalized spacial score (nSPS) is 27.5. The molecule has 1 saturated carbocycles. The fourth-order valence-corrected chi connectivity index (χ4v) is 3.88. The van der Waals surface area contributed by atoms with E-state index in [0.29, 0.717) is 5.56 Å². The van der Waals surface area contributed by atoms with Gasteiger partial charge in [-0.15, -0.1) is 0 Å². The van der Waals surface area contributed by atoms with Crippen molar-refractivity contribution in [2.75, 3.05) is 0 Å². The summed E-state index contributed by atoms with van der Waals surface area (Å²) in [4.78, 5) is 39.2. The second-order valence-electron chi connectivity index (χ2n) is 10.1.